The van der Waals surface area contributed by atoms with Crippen LogP contribution in [0.1, 0.15) is 28.4 Å². The van der Waals surface area contributed by atoms with Gasteiger partial charge in [0, 0.05) is 13.0 Å². The number of esters is 1. The summed E-state index contributed by atoms with van der Waals surface area (Å²) in [6.07, 6.45) is 0.670. The summed E-state index contributed by atoms with van der Waals surface area (Å²) in [6, 6.07) is 15.0. The van der Waals surface area contributed by atoms with Crippen molar-refractivity contribution >= 4 is 35.1 Å². The van der Waals surface area contributed by atoms with Gasteiger partial charge in [-0.25, -0.2) is 4.79 Å². The predicted octanol–water partition coefficient (Wildman–Crippen LogP) is 5.12. The maximum Gasteiger partial charge on any atom is 0.328 e. The van der Waals surface area contributed by atoms with E-state index in [1.54, 1.807) is 39.3 Å². The van der Waals surface area contributed by atoms with Crippen molar-refractivity contribution in [1.29, 1.82) is 0 Å². The van der Waals surface area contributed by atoms with Gasteiger partial charge in [-0.1, -0.05) is 53.5 Å². The van der Waals surface area contributed by atoms with Crippen LogP contribution in [0.15, 0.2) is 54.6 Å². The Labute approximate surface area is 226 Å². The highest BCUT2D eigenvalue weighted by Gasteiger charge is 2.25. The van der Waals surface area contributed by atoms with Crippen LogP contribution in [0.5, 0.6) is 11.5 Å². The number of carbonyl (C=O) groups is 2. The number of amides is 1. The lowest BCUT2D eigenvalue weighted by Gasteiger charge is -2.19. The Kier molecular flexibility index (Phi) is 10.2. The largest absolute Gasteiger partial charge is 0.496 e. The monoisotopic (exact) mass is 545 g/mol. The molecule has 0 bridgehead atoms. The molecule has 3 aromatic rings. The first-order valence-corrected chi connectivity index (χ1v) is 12.4. The van der Waals surface area contributed by atoms with Gasteiger partial charge >= 0.3 is 5.97 Å². The summed E-state index contributed by atoms with van der Waals surface area (Å²) in [5.41, 5.74) is 3.39. The molecule has 0 unspecified atom stereocenters. The van der Waals surface area contributed by atoms with Crippen molar-refractivity contribution < 1.29 is 28.9 Å². The fourth-order valence-electron chi connectivity index (χ4n) is 3.95. The SMILES string of the molecule is CCOC(=O)[C@H](Cc1ccc(-c2c(OC)cc(CCO)cc2OC)cc1)NC(=O)c1c(Cl)cccc1Cl. The average Bonchev–Trinajstić information content (AvgIpc) is 2.88. The standard InChI is InChI=1S/C28H29Cl2NO6/c1-4-37-28(34)22(31-27(33)26-20(29)6-5-7-21(26)30)14-17-8-10-19(11-9-17)25-23(35-2)15-18(12-13-32)16-24(25)36-3/h5-11,15-16,22,32H,4,12-14H2,1-3H3,(H,31,33)/t22-/m0/s1. The molecule has 7 nitrogen and oxygen atoms in total. The molecule has 0 radical (unpaired) electrons. The van der Waals surface area contributed by atoms with Gasteiger partial charge in [-0.15, -0.1) is 0 Å². The van der Waals surface area contributed by atoms with Gasteiger partial charge in [0.2, 0.25) is 0 Å². The second-order valence-corrected chi connectivity index (χ2v) is 8.94. The van der Waals surface area contributed by atoms with Crippen LogP contribution in [-0.2, 0) is 22.4 Å². The first kappa shape index (κ1) is 28.3. The molecule has 0 aliphatic carbocycles. The second-order valence-electron chi connectivity index (χ2n) is 8.12. The Bertz CT molecular complexity index is 1200. The summed E-state index contributed by atoms with van der Waals surface area (Å²) in [5.74, 6) is 0.0984. The molecule has 2 N–H and O–H groups in total. The number of methoxy groups -OCH3 is 2. The molecule has 0 fully saturated rings. The van der Waals surface area contributed by atoms with E-state index >= 15 is 0 Å². The van der Waals surface area contributed by atoms with Gasteiger partial charge in [0.25, 0.3) is 5.91 Å². The molecule has 0 saturated heterocycles. The highest BCUT2D eigenvalue weighted by Crippen LogP contribution is 2.40. The number of rotatable bonds is 11. The molecule has 1 atom stereocenters. The Morgan fingerprint density at radius 3 is 2.05 bits per heavy atom. The van der Waals surface area contributed by atoms with E-state index in [2.05, 4.69) is 5.32 Å². The van der Waals surface area contributed by atoms with Crippen molar-refractivity contribution in [2.75, 3.05) is 27.4 Å². The quantitative estimate of drug-likeness (QED) is 0.325. The maximum absolute atomic E-state index is 12.9. The molecule has 0 aliphatic heterocycles. The van der Waals surface area contributed by atoms with Crippen molar-refractivity contribution in [2.45, 2.75) is 25.8 Å². The molecule has 37 heavy (non-hydrogen) atoms. The van der Waals surface area contributed by atoms with Crippen LogP contribution in [0.4, 0.5) is 0 Å². The van der Waals surface area contributed by atoms with E-state index in [0.29, 0.717) is 17.9 Å². The number of halogens is 2. The Morgan fingerprint density at radius 2 is 1.54 bits per heavy atom. The number of ether oxygens (including phenoxy) is 3. The molecule has 196 valence electrons. The van der Waals surface area contributed by atoms with Crippen LogP contribution in [0.2, 0.25) is 10.0 Å². The van der Waals surface area contributed by atoms with Crippen LogP contribution >= 0.6 is 23.2 Å². The highest BCUT2D eigenvalue weighted by molar-refractivity contribution is 6.39. The summed E-state index contributed by atoms with van der Waals surface area (Å²) in [7, 11) is 3.15. The third-order valence-electron chi connectivity index (χ3n) is 5.71. The lowest BCUT2D eigenvalue weighted by Crippen LogP contribution is -2.43. The van der Waals surface area contributed by atoms with Gasteiger partial charge < -0.3 is 24.6 Å². The van der Waals surface area contributed by atoms with E-state index in [4.69, 9.17) is 37.4 Å². The Balaban J connectivity index is 1.88. The fourth-order valence-corrected chi connectivity index (χ4v) is 4.52. The molecule has 3 rings (SSSR count). The van der Waals surface area contributed by atoms with Crippen LogP contribution in [-0.4, -0.2) is 50.5 Å². The van der Waals surface area contributed by atoms with E-state index in [1.165, 1.54) is 0 Å². The molecule has 0 aromatic heterocycles. The smallest absolute Gasteiger partial charge is 0.328 e. The number of hydrogen-bond acceptors (Lipinski definition) is 6. The van der Waals surface area contributed by atoms with Crippen molar-refractivity contribution in [3.63, 3.8) is 0 Å². The summed E-state index contributed by atoms with van der Waals surface area (Å²) in [6.45, 7) is 1.88. The van der Waals surface area contributed by atoms with Crippen LogP contribution < -0.4 is 14.8 Å². The molecular formula is C28H29Cl2NO6. The summed E-state index contributed by atoms with van der Waals surface area (Å²) < 4.78 is 16.4. The fraction of sp³-hybridized carbons (Fsp3) is 0.286. The van der Waals surface area contributed by atoms with Gasteiger partial charge in [0.05, 0.1) is 42.0 Å². The zero-order valence-electron chi connectivity index (χ0n) is 20.8. The molecule has 9 heteroatoms. The summed E-state index contributed by atoms with van der Waals surface area (Å²) >= 11 is 12.3. The van der Waals surface area contributed by atoms with Crippen molar-refractivity contribution in [1.82, 2.24) is 5.32 Å². The number of benzene rings is 3. The maximum atomic E-state index is 12.9. The van der Waals surface area contributed by atoms with E-state index in [1.807, 2.05) is 36.4 Å². The zero-order valence-corrected chi connectivity index (χ0v) is 22.4. The normalized spacial score (nSPS) is 11.5. The van der Waals surface area contributed by atoms with Gasteiger partial charge in [-0.3, -0.25) is 4.79 Å². The topological polar surface area (TPSA) is 94.1 Å². The molecule has 1 amide bonds. The lowest BCUT2D eigenvalue weighted by molar-refractivity contribution is -0.145. The first-order chi connectivity index (χ1) is 17.8. The summed E-state index contributed by atoms with van der Waals surface area (Å²) in [4.78, 5) is 25.6. The Morgan fingerprint density at radius 1 is 0.946 bits per heavy atom. The lowest BCUT2D eigenvalue weighted by atomic mass is 9.97. The van der Waals surface area contributed by atoms with Gasteiger partial charge in [0.1, 0.15) is 17.5 Å². The number of hydrogen-bond donors (Lipinski definition) is 2. The van der Waals surface area contributed by atoms with E-state index in [-0.39, 0.29) is 35.2 Å². The number of aliphatic hydroxyl groups excluding tert-OH is 1. The molecule has 0 heterocycles. The van der Waals surface area contributed by atoms with E-state index in [0.717, 1.165) is 22.3 Å². The first-order valence-electron chi connectivity index (χ1n) is 11.7. The molecule has 0 aliphatic rings. The van der Waals surface area contributed by atoms with E-state index in [9.17, 15) is 14.7 Å². The minimum Gasteiger partial charge on any atom is -0.496 e. The van der Waals surface area contributed by atoms with Gasteiger partial charge in [-0.05, 0) is 54.3 Å². The van der Waals surface area contributed by atoms with E-state index < -0.39 is 17.9 Å². The van der Waals surface area contributed by atoms with Crippen molar-refractivity contribution in [3.05, 3.63) is 81.3 Å². The minimum atomic E-state index is -0.951. The zero-order chi connectivity index (χ0) is 26.9. The minimum absolute atomic E-state index is 0.0151. The number of nitrogens with one attached hydrogen (secondary N) is 1. The van der Waals surface area contributed by atoms with Crippen LogP contribution in [0, 0.1) is 0 Å². The van der Waals surface area contributed by atoms with Gasteiger partial charge in [0.15, 0.2) is 0 Å². The van der Waals surface area contributed by atoms with Crippen LogP contribution in [0.3, 0.4) is 0 Å². The third kappa shape index (κ3) is 6.95. The molecule has 3 aromatic carbocycles. The van der Waals surface area contributed by atoms with Crippen LogP contribution in [0.25, 0.3) is 11.1 Å². The average molecular weight is 546 g/mol. The second kappa shape index (κ2) is 13.3. The molecular weight excluding hydrogens is 517 g/mol. The predicted molar refractivity (Wildman–Crippen MR) is 144 cm³/mol. The molecule has 0 saturated carbocycles. The Hall–Kier alpha value is -3.26. The number of carbonyl (C=O) groups excluding carboxylic acids is 2. The third-order valence-corrected chi connectivity index (χ3v) is 6.34. The summed E-state index contributed by atoms with van der Waals surface area (Å²) in [5, 5.41) is 12.4. The van der Waals surface area contributed by atoms with Crippen molar-refractivity contribution in [3.8, 4) is 22.6 Å². The highest BCUT2D eigenvalue weighted by atomic mass is 35.5. The number of aliphatic hydroxyl groups is 1. The van der Waals surface area contributed by atoms with Gasteiger partial charge in [-0.2, -0.15) is 0 Å². The molecule has 0 spiro atoms. The van der Waals surface area contributed by atoms with Crippen molar-refractivity contribution in [2.24, 2.45) is 0 Å².